The van der Waals surface area contributed by atoms with E-state index in [-0.39, 0.29) is 5.91 Å². The van der Waals surface area contributed by atoms with Gasteiger partial charge in [0.15, 0.2) is 0 Å². The van der Waals surface area contributed by atoms with Gasteiger partial charge in [-0.3, -0.25) is 4.79 Å². The van der Waals surface area contributed by atoms with Crippen LogP contribution in [0.4, 0.5) is 5.69 Å². The summed E-state index contributed by atoms with van der Waals surface area (Å²) >= 11 is 1.62. The van der Waals surface area contributed by atoms with Crippen molar-refractivity contribution in [2.24, 2.45) is 0 Å². The van der Waals surface area contributed by atoms with Crippen molar-refractivity contribution < 1.29 is 4.79 Å². The van der Waals surface area contributed by atoms with Crippen LogP contribution in [0.15, 0.2) is 24.3 Å². The van der Waals surface area contributed by atoms with Gasteiger partial charge in [0.25, 0.3) is 0 Å². The highest BCUT2D eigenvalue weighted by Gasteiger charge is 2.20. The zero-order chi connectivity index (χ0) is 19.4. The van der Waals surface area contributed by atoms with Gasteiger partial charge in [-0.1, -0.05) is 0 Å². The van der Waals surface area contributed by atoms with E-state index >= 15 is 0 Å². The Labute approximate surface area is 166 Å². The first-order chi connectivity index (χ1) is 12.9. The molecule has 1 aliphatic rings. The number of hydrogen-bond acceptors (Lipinski definition) is 5. The second-order valence-electron chi connectivity index (χ2n) is 7.56. The molecular weight excluding hydrogens is 356 g/mol. The van der Waals surface area contributed by atoms with Gasteiger partial charge < -0.3 is 15.1 Å². The Hall–Kier alpha value is -1.92. The summed E-state index contributed by atoms with van der Waals surface area (Å²) in [5.41, 5.74) is 3.22. The minimum atomic E-state index is 0.0944. The number of aryl methyl sites for hydroxylation is 1. The van der Waals surface area contributed by atoms with E-state index in [1.165, 1.54) is 25.1 Å². The average Bonchev–Trinajstić information content (AvgIpc) is 3.21. The summed E-state index contributed by atoms with van der Waals surface area (Å²) in [6.45, 7) is 3.92. The van der Waals surface area contributed by atoms with Gasteiger partial charge >= 0.3 is 0 Å². The number of amides is 1. The lowest BCUT2D eigenvalue weighted by Crippen LogP contribution is -2.32. The molecule has 146 valence electrons. The zero-order valence-electron chi connectivity index (χ0n) is 16.8. The van der Waals surface area contributed by atoms with Gasteiger partial charge in [-0.05, 0) is 64.0 Å². The molecule has 1 aliphatic heterocycles. The first-order valence-corrected chi connectivity index (χ1v) is 10.5. The normalized spacial score (nSPS) is 17.3. The van der Waals surface area contributed by atoms with Crippen molar-refractivity contribution in [3.63, 3.8) is 0 Å². The summed E-state index contributed by atoms with van der Waals surface area (Å²) in [7, 11) is 6.24. The Morgan fingerprint density at radius 1 is 1.33 bits per heavy atom. The SMILES string of the molecule is Cc1nc(-c2ccc(N(C)C)cc2)sc1CC(=O)NCCC1CCCN1C. The Morgan fingerprint density at radius 2 is 2.07 bits per heavy atom. The second-order valence-corrected chi connectivity index (χ2v) is 8.64. The molecule has 3 rings (SSSR count). The number of nitrogens with zero attached hydrogens (tertiary/aromatic N) is 3. The maximum Gasteiger partial charge on any atom is 0.225 e. The van der Waals surface area contributed by atoms with Crippen LogP contribution in [0.1, 0.15) is 29.8 Å². The Morgan fingerprint density at radius 3 is 2.70 bits per heavy atom. The van der Waals surface area contributed by atoms with Crippen molar-refractivity contribution in [3.05, 3.63) is 34.8 Å². The topological polar surface area (TPSA) is 48.5 Å². The number of benzene rings is 1. The number of likely N-dealkylation sites (tertiary alicyclic amines) is 1. The lowest BCUT2D eigenvalue weighted by Gasteiger charge is -2.19. The van der Waals surface area contributed by atoms with Gasteiger partial charge in [-0.2, -0.15) is 0 Å². The number of hydrogen-bond donors (Lipinski definition) is 1. The lowest BCUT2D eigenvalue weighted by atomic mass is 10.1. The van der Waals surface area contributed by atoms with Crippen LogP contribution in [-0.4, -0.2) is 56.1 Å². The van der Waals surface area contributed by atoms with Gasteiger partial charge in [0.2, 0.25) is 5.91 Å². The molecule has 0 bridgehead atoms. The van der Waals surface area contributed by atoms with E-state index in [4.69, 9.17) is 0 Å². The molecule has 1 unspecified atom stereocenters. The van der Waals surface area contributed by atoms with Gasteiger partial charge in [0.1, 0.15) is 5.01 Å². The number of aromatic nitrogens is 1. The largest absolute Gasteiger partial charge is 0.378 e. The molecule has 1 N–H and O–H groups in total. The van der Waals surface area contributed by atoms with E-state index in [1.807, 2.05) is 21.0 Å². The van der Waals surface area contributed by atoms with E-state index in [0.29, 0.717) is 12.5 Å². The van der Waals surface area contributed by atoms with E-state index in [0.717, 1.165) is 34.1 Å². The van der Waals surface area contributed by atoms with E-state index in [2.05, 4.69) is 51.4 Å². The van der Waals surface area contributed by atoms with Crippen molar-refractivity contribution in [3.8, 4) is 10.6 Å². The van der Waals surface area contributed by atoms with Gasteiger partial charge in [0, 0.05) is 42.8 Å². The molecule has 2 heterocycles. The average molecular weight is 387 g/mol. The van der Waals surface area contributed by atoms with Gasteiger partial charge in [-0.25, -0.2) is 4.98 Å². The van der Waals surface area contributed by atoms with Crippen LogP contribution in [0.5, 0.6) is 0 Å². The van der Waals surface area contributed by atoms with Crippen molar-refractivity contribution in [1.29, 1.82) is 0 Å². The van der Waals surface area contributed by atoms with Gasteiger partial charge in [-0.15, -0.1) is 11.3 Å². The third-order valence-corrected chi connectivity index (χ3v) is 6.52. The van der Waals surface area contributed by atoms with Crippen LogP contribution in [0.2, 0.25) is 0 Å². The molecule has 0 aliphatic carbocycles. The first kappa shape index (κ1) is 19.8. The predicted octanol–water partition coefficient (Wildman–Crippen LogP) is 3.33. The van der Waals surface area contributed by atoms with Gasteiger partial charge in [0.05, 0.1) is 12.1 Å². The van der Waals surface area contributed by atoms with E-state index in [9.17, 15) is 4.79 Å². The second kappa shape index (κ2) is 8.85. The fourth-order valence-electron chi connectivity index (χ4n) is 3.55. The minimum Gasteiger partial charge on any atom is -0.378 e. The molecule has 1 fully saturated rings. The predicted molar refractivity (Wildman–Crippen MR) is 114 cm³/mol. The highest BCUT2D eigenvalue weighted by atomic mass is 32.1. The summed E-state index contributed by atoms with van der Waals surface area (Å²) in [4.78, 5) is 22.5. The summed E-state index contributed by atoms with van der Waals surface area (Å²) < 4.78 is 0. The lowest BCUT2D eigenvalue weighted by molar-refractivity contribution is -0.120. The molecule has 5 nitrogen and oxygen atoms in total. The molecule has 0 radical (unpaired) electrons. The van der Waals surface area contributed by atoms with Crippen molar-refractivity contribution >= 4 is 22.9 Å². The summed E-state index contributed by atoms with van der Waals surface area (Å²) in [5, 5.41) is 4.06. The molecular formula is C21H30N4OS. The smallest absolute Gasteiger partial charge is 0.225 e. The highest BCUT2D eigenvalue weighted by Crippen LogP contribution is 2.29. The monoisotopic (exact) mass is 386 g/mol. The number of thiazole rings is 1. The minimum absolute atomic E-state index is 0.0944. The molecule has 27 heavy (non-hydrogen) atoms. The molecule has 0 spiro atoms. The first-order valence-electron chi connectivity index (χ1n) is 9.65. The molecule has 1 amide bonds. The quantitative estimate of drug-likeness (QED) is 0.793. The standard InChI is InChI=1S/C21H30N4OS/c1-15-19(14-20(26)22-12-11-18-6-5-13-25(18)4)27-21(23-15)16-7-9-17(10-8-16)24(2)3/h7-10,18H,5-6,11-14H2,1-4H3,(H,22,26). The molecule has 1 saturated heterocycles. The zero-order valence-corrected chi connectivity index (χ0v) is 17.6. The van der Waals surface area contributed by atoms with Crippen LogP contribution < -0.4 is 10.2 Å². The van der Waals surface area contributed by atoms with Crippen LogP contribution in [0.3, 0.4) is 0 Å². The van der Waals surface area contributed by atoms with E-state index < -0.39 is 0 Å². The molecule has 1 aromatic heterocycles. The molecule has 2 aromatic rings. The van der Waals surface area contributed by atoms with Crippen LogP contribution >= 0.6 is 11.3 Å². The molecule has 1 aromatic carbocycles. The van der Waals surface area contributed by atoms with Crippen LogP contribution in [0.25, 0.3) is 10.6 Å². The third-order valence-electron chi connectivity index (χ3n) is 5.32. The highest BCUT2D eigenvalue weighted by molar-refractivity contribution is 7.15. The van der Waals surface area contributed by atoms with Crippen LogP contribution in [-0.2, 0) is 11.2 Å². The maximum absolute atomic E-state index is 12.3. The van der Waals surface area contributed by atoms with Crippen molar-refractivity contribution in [2.45, 2.75) is 38.6 Å². The van der Waals surface area contributed by atoms with E-state index in [1.54, 1.807) is 11.3 Å². The fraction of sp³-hybridized carbons (Fsp3) is 0.524. The molecule has 1 atom stereocenters. The molecule has 6 heteroatoms. The fourth-order valence-corrected chi connectivity index (χ4v) is 4.61. The summed E-state index contributed by atoms with van der Waals surface area (Å²) in [5.74, 6) is 0.0944. The summed E-state index contributed by atoms with van der Waals surface area (Å²) in [6.07, 6.45) is 3.97. The number of carbonyl (C=O) groups excluding carboxylic acids is 1. The number of rotatable bonds is 7. The maximum atomic E-state index is 12.3. The number of carbonyl (C=O) groups is 1. The Kier molecular flexibility index (Phi) is 6.50. The van der Waals surface area contributed by atoms with Crippen LogP contribution in [0, 0.1) is 6.92 Å². The van der Waals surface area contributed by atoms with Crippen molar-refractivity contribution in [1.82, 2.24) is 15.2 Å². The summed E-state index contributed by atoms with van der Waals surface area (Å²) in [6, 6.07) is 8.99. The number of nitrogens with one attached hydrogen (secondary N) is 1. The Bertz CT molecular complexity index is 769. The Balaban J connectivity index is 1.55. The van der Waals surface area contributed by atoms with Crippen molar-refractivity contribution in [2.75, 3.05) is 39.1 Å². The molecule has 0 saturated carbocycles. The number of anilines is 1. The third kappa shape index (κ3) is 5.08.